The Labute approximate surface area is 153 Å². The van der Waals surface area contributed by atoms with Gasteiger partial charge in [-0.05, 0) is 37.3 Å². The van der Waals surface area contributed by atoms with Crippen LogP contribution in [0, 0.1) is 15.9 Å². The van der Waals surface area contributed by atoms with E-state index in [9.17, 15) is 24.1 Å². The van der Waals surface area contributed by atoms with Crippen LogP contribution >= 0.6 is 11.8 Å². The minimum absolute atomic E-state index is 0.0222. The average Bonchev–Trinajstić information content (AvgIpc) is 2.57. The number of carbonyl (C=O) groups is 2. The minimum atomic E-state index is -0.605. The molecular weight excluding hydrogens is 361 g/mol. The fraction of sp³-hybridized carbons (Fsp3) is 0.176. The largest absolute Gasteiger partial charge is 0.325 e. The van der Waals surface area contributed by atoms with E-state index in [-0.39, 0.29) is 17.3 Å². The molecule has 2 rings (SSSR count). The lowest BCUT2D eigenvalue weighted by atomic mass is 10.2. The molecule has 9 heteroatoms. The molecule has 0 saturated heterocycles. The van der Waals surface area contributed by atoms with Crippen molar-refractivity contribution < 1.29 is 18.9 Å². The number of non-ortho nitro benzene ring substituents is 1. The van der Waals surface area contributed by atoms with Gasteiger partial charge in [0.25, 0.3) is 5.69 Å². The third-order valence-corrected chi connectivity index (χ3v) is 4.39. The Hall–Kier alpha value is -2.94. The first-order valence-electron chi connectivity index (χ1n) is 7.55. The Kier molecular flexibility index (Phi) is 6.29. The Morgan fingerprint density at radius 3 is 2.38 bits per heavy atom. The molecular formula is C17H16FN3O4S. The quantitative estimate of drug-likeness (QED) is 0.453. The summed E-state index contributed by atoms with van der Waals surface area (Å²) in [6.45, 7) is 2.94. The van der Waals surface area contributed by atoms with Crippen molar-refractivity contribution >= 4 is 40.6 Å². The third-order valence-electron chi connectivity index (χ3n) is 3.27. The molecule has 2 aromatic rings. The van der Waals surface area contributed by atoms with Crippen LogP contribution in [0.5, 0.6) is 0 Å². The monoisotopic (exact) mass is 377 g/mol. The second kappa shape index (κ2) is 8.43. The number of halogens is 1. The van der Waals surface area contributed by atoms with Gasteiger partial charge in [-0.25, -0.2) is 4.39 Å². The summed E-state index contributed by atoms with van der Waals surface area (Å²) in [4.78, 5) is 34.2. The summed E-state index contributed by atoms with van der Waals surface area (Å²) in [7, 11) is 0. The van der Waals surface area contributed by atoms with Crippen LogP contribution in [-0.2, 0) is 9.59 Å². The fourth-order valence-corrected chi connectivity index (χ4v) is 2.90. The minimum Gasteiger partial charge on any atom is -0.325 e. The van der Waals surface area contributed by atoms with Crippen LogP contribution in [0.1, 0.15) is 13.8 Å². The van der Waals surface area contributed by atoms with Crippen LogP contribution in [0.4, 0.5) is 21.5 Å². The summed E-state index contributed by atoms with van der Waals surface area (Å²) in [5.74, 6) is -1.35. The van der Waals surface area contributed by atoms with Gasteiger partial charge >= 0.3 is 0 Å². The number of benzene rings is 2. The topological polar surface area (TPSA) is 101 Å². The van der Waals surface area contributed by atoms with E-state index in [0.717, 1.165) is 6.07 Å². The zero-order chi connectivity index (χ0) is 19.3. The van der Waals surface area contributed by atoms with E-state index >= 15 is 0 Å². The van der Waals surface area contributed by atoms with Gasteiger partial charge < -0.3 is 10.6 Å². The Morgan fingerprint density at radius 2 is 1.81 bits per heavy atom. The number of amides is 2. The molecule has 2 amide bonds. The molecule has 0 bridgehead atoms. The van der Waals surface area contributed by atoms with Crippen molar-refractivity contribution in [1.29, 1.82) is 0 Å². The molecule has 0 aromatic heterocycles. The molecule has 7 nitrogen and oxygen atoms in total. The highest BCUT2D eigenvalue weighted by Gasteiger charge is 2.16. The predicted molar refractivity (Wildman–Crippen MR) is 97.7 cm³/mol. The molecule has 0 aliphatic rings. The maximum Gasteiger partial charge on any atom is 0.269 e. The van der Waals surface area contributed by atoms with Crippen LogP contribution in [0.15, 0.2) is 47.4 Å². The Balaban J connectivity index is 2.02. The van der Waals surface area contributed by atoms with Crippen LogP contribution in [0.25, 0.3) is 0 Å². The molecule has 26 heavy (non-hydrogen) atoms. The van der Waals surface area contributed by atoms with Crippen LogP contribution in [-0.4, -0.2) is 22.0 Å². The lowest BCUT2D eigenvalue weighted by Gasteiger charge is -2.13. The van der Waals surface area contributed by atoms with E-state index in [1.807, 2.05) is 0 Å². The SMILES string of the molecule is CC(=O)Nc1cc(NC(=O)C(C)Sc2ccc([N+](=O)[O-])cc2)ccc1F. The van der Waals surface area contributed by atoms with Gasteiger partial charge in [-0.1, -0.05) is 0 Å². The standard InChI is InChI=1S/C17H16FN3O4S/c1-10(26-14-6-4-13(5-7-14)21(24)25)17(23)20-12-3-8-15(18)16(9-12)19-11(2)22/h3-10H,1-2H3,(H,19,22)(H,20,23). The van der Waals surface area contributed by atoms with Crippen LogP contribution in [0.3, 0.4) is 0 Å². The van der Waals surface area contributed by atoms with Crippen molar-refractivity contribution in [3.05, 3.63) is 58.4 Å². The number of rotatable bonds is 6. The highest BCUT2D eigenvalue weighted by Crippen LogP contribution is 2.27. The number of nitro groups is 1. The van der Waals surface area contributed by atoms with Crippen LogP contribution in [0.2, 0.25) is 0 Å². The summed E-state index contributed by atoms with van der Waals surface area (Å²) in [5.41, 5.74) is 0.297. The second-order valence-electron chi connectivity index (χ2n) is 5.38. The maximum atomic E-state index is 13.6. The molecule has 2 aromatic carbocycles. The van der Waals surface area contributed by atoms with E-state index in [4.69, 9.17) is 0 Å². The zero-order valence-corrected chi connectivity index (χ0v) is 14.8. The van der Waals surface area contributed by atoms with Crippen LogP contribution < -0.4 is 10.6 Å². The molecule has 2 N–H and O–H groups in total. The average molecular weight is 377 g/mol. The Bertz CT molecular complexity index is 842. The highest BCUT2D eigenvalue weighted by atomic mass is 32.2. The van der Waals surface area contributed by atoms with Crippen molar-refractivity contribution in [2.45, 2.75) is 24.0 Å². The number of nitrogens with zero attached hydrogens (tertiary/aromatic N) is 1. The predicted octanol–water partition coefficient (Wildman–Crippen LogP) is 3.81. The number of nitro benzene ring substituents is 1. The molecule has 0 fully saturated rings. The summed E-state index contributed by atoms with van der Waals surface area (Å²) in [6.07, 6.45) is 0. The first-order valence-corrected chi connectivity index (χ1v) is 8.43. The van der Waals surface area contributed by atoms with E-state index in [0.29, 0.717) is 10.6 Å². The number of anilines is 2. The molecule has 0 aliphatic carbocycles. The van der Waals surface area contributed by atoms with Crippen molar-refractivity contribution in [3.8, 4) is 0 Å². The van der Waals surface area contributed by atoms with Gasteiger partial charge in [-0.15, -0.1) is 11.8 Å². The fourth-order valence-electron chi connectivity index (χ4n) is 2.04. The lowest BCUT2D eigenvalue weighted by Crippen LogP contribution is -2.22. The van der Waals surface area contributed by atoms with Crippen molar-refractivity contribution in [2.75, 3.05) is 10.6 Å². The van der Waals surface area contributed by atoms with E-state index in [2.05, 4.69) is 10.6 Å². The van der Waals surface area contributed by atoms with Crippen molar-refractivity contribution in [1.82, 2.24) is 0 Å². The molecule has 0 spiro atoms. The van der Waals surface area contributed by atoms with Gasteiger partial charge in [0, 0.05) is 29.6 Å². The van der Waals surface area contributed by atoms with Gasteiger partial charge in [0.05, 0.1) is 15.9 Å². The number of nitrogens with one attached hydrogen (secondary N) is 2. The normalized spacial score (nSPS) is 11.5. The Morgan fingerprint density at radius 1 is 1.15 bits per heavy atom. The summed E-state index contributed by atoms with van der Waals surface area (Å²) in [6, 6.07) is 9.74. The van der Waals surface area contributed by atoms with Crippen molar-refractivity contribution in [2.24, 2.45) is 0 Å². The van der Waals surface area contributed by atoms with Crippen molar-refractivity contribution in [3.63, 3.8) is 0 Å². The van der Waals surface area contributed by atoms with Gasteiger partial charge in [-0.2, -0.15) is 0 Å². The van der Waals surface area contributed by atoms with Gasteiger partial charge in [-0.3, -0.25) is 19.7 Å². The van der Waals surface area contributed by atoms with E-state index in [1.54, 1.807) is 19.1 Å². The summed E-state index contributed by atoms with van der Waals surface area (Å²) < 4.78 is 13.6. The maximum absolute atomic E-state index is 13.6. The molecule has 136 valence electrons. The summed E-state index contributed by atoms with van der Waals surface area (Å²) in [5, 5.41) is 15.1. The molecule has 0 radical (unpaired) electrons. The molecule has 0 aliphatic heterocycles. The molecule has 1 unspecified atom stereocenters. The lowest BCUT2D eigenvalue weighted by molar-refractivity contribution is -0.384. The highest BCUT2D eigenvalue weighted by molar-refractivity contribution is 8.00. The number of carbonyl (C=O) groups excluding carboxylic acids is 2. The second-order valence-corrected chi connectivity index (χ2v) is 6.79. The first kappa shape index (κ1) is 19.4. The smallest absolute Gasteiger partial charge is 0.269 e. The molecule has 0 saturated carbocycles. The summed E-state index contributed by atoms with van der Waals surface area (Å²) >= 11 is 1.23. The van der Waals surface area contributed by atoms with Gasteiger partial charge in [0.2, 0.25) is 11.8 Å². The molecule has 0 heterocycles. The molecule has 1 atom stereocenters. The number of hydrogen-bond donors (Lipinski definition) is 2. The number of thioether (sulfide) groups is 1. The third kappa shape index (κ3) is 5.28. The van der Waals surface area contributed by atoms with E-state index < -0.39 is 21.9 Å². The first-order chi connectivity index (χ1) is 12.3. The number of hydrogen-bond acceptors (Lipinski definition) is 5. The zero-order valence-electron chi connectivity index (χ0n) is 14.0. The van der Waals surface area contributed by atoms with Gasteiger partial charge in [0.1, 0.15) is 5.82 Å². The van der Waals surface area contributed by atoms with E-state index in [1.165, 1.54) is 43.0 Å². The van der Waals surface area contributed by atoms with Gasteiger partial charge in [0.15, 0.2) is 0 Å².